The van der Waals surface area contributed by atoms with E-state index in [4.69, 9.17) is 15.2 Å². The molecule has 1 saturated heterocycles. The van der Waals surface area contributed by atoms with Crippen LogP contribution in [0.5, 0.6) is 6.01 Å². The molecule has 1 aliphatic heterocycles. The summed E-state index contributed by atoms with van der Waals surface area (Å²) in [6, 6.07) is 12.6. The molecule has 1 aromatic carbocycles. The van der Waals surface area contributed by atoms with Gasteiger partial charge in [0.25, 0.3) is 0 Å². The van der Waals surface area contributed by atoms with E-state index in [1.54, 1.807) is 30.5 Å². The molecule has 1 fully saturated rings. The van der Waals surface area contributed by atoms with Crippen molar-refractivity contribution < 1.29 is 14.3 Å². The van der Waals surface area contributed by atoms with Gasteiger partial charge < -0.3 is 20.1 Å². The third-order valence-electron chi connectivity index (χ3n) is 4.79. The smallest absolute Gasteiger partial charge is 0.321 e. The molecule has 2 N–H and O–H groups in total. The summed E-state index contributed by atoms with van der Waals surface area (Å²) in [5.74, 6) is 0.420. The molecule has 2 aromatic heterocycles. The number of primary amides is 1. The highest BCUT2D eigenvalue weighted by Gasteiger charge is 2.17. The fourth-order valence-corrected chi connectivity index (χ4v) is 3.12. The number of azo groups is 1. The van der Waals surface area contributed by atoms with E-state index in [1.165, 1.54) is 0 Å². The number of aromatic nitrogens is 4. The monoisotopic (exact) mass is 448 g/mol. The maximum Gasteiger partial charge on any atom is 0.321 e. The van der Waals surface area contributed by atoms with Crippen molar-refractivity contribution in [1.82, 2.24) is 19.9 Å². The number of benzene rings is 1. The molecule has 11 nitrogen and oxygen atoms in total. The largest absolute Gasteiger partial charge is 0.463 e. The lowest BCUT2D eigenvalue weighted by Crippen LogP contribution is -2.37. The van der Waals surface area contributed by atoms with Crippen LogP contribution in [0.2, 0.25) is 0 Å². The van der Waals surface area contributed by atoms with Gasteiger partial charge >= 0.3 is 6.01 Å². The Hall–Kier alpha value is -3.99. The number of nitrogens with two attached hydrogens (primary N) is 1. The van der Waals surface area contributed by atoms with E-state index >= 15 is 0 Å². The van der Waals surface area contributed by atoms with Gasteiger partial charge in [0.05, 0.1) is 25.5 Å². The van der Waals surface area contributed by atoms with Gasteiger partial charge in [0.1, 0.15) is 6.54 Å². The van der Waals surface area contributed by atoms with Crippen LogP contribution in [0.3, 0.4) is 0 Å². The highest BCUT2D eigenvalue weighted by Crippen LogP contribution is 2.17. The highest BCUT2D eigenvalue weighted by atomic mass is 16.5. The van der Waals surface area contributed by atoms with Crippen molar-refractivity contribution in [2.24, 2.45) is 16.0 Å². The van der Waals surface area contributed by atoms with Crippen molar-refractivity contribution in [3.63, 3.8) is 0 Å². The summed E-state index contributed by atoms with van der Waals surface area (Å²) in [6.07, 6.45) is 2.38. The van der Waals surface area contributed by atoms with Crippen LogP contribution in [0.25, 0.3) is 0 Å². The fourth-order valence-electron chi connectivity index (χ4n) is 3.12. The van der Waals surface area contributed by atoms with Crippen molar-refractivity contribution in [3.8, 4) is 6.01 Å². The van der Waals surface area contributed by atoms with E-state index in [0.29, 0.717) is 62.4 Å². The number of nitrogens with zero attached hydrogens (tertiary/aromatic N) is 7. The maximum absolute atomic E-state index is 11.3. The van der Waals surface area contributed by atoms with Crippen molar-refractivity contribution in [2.75, 3.05) is 37.8 Å². The Labute approximate surface area is 190 Å². The lowest BCUT2D eigenvalue weighted by Gasteiger charge is -2.26. The van der Waals surface area contributed by atoms with Crippen molar-refractivity contribution in [3.05, 3.63) is 65.7 Å². The number of pyridine rings is 1. The van der Waals surface area contributed by atoms with E-state index in [-0.39, 0.29) is 12.6 Å². The first-order chi connectivity index (χ1) is 16.2. The molecule has 0 radical (unpaired) electrons. The Balaban J connectivity index is 1.47. The third-order valence-corrected chi connectivity index (χ3v) is 4.79. The van der Waals surface area contributed by atoms with Gasteiger partial charge in [-0.1, -0.05) is 12.1 Å². The molecular formula is C22H24N8O3. The molecule has 0 atom stereocenters. The number of amides is 1. The molecule has 170 valence electrons. The predicted octanol–water partition coefficient (Wildman–Crippen LogP) is 2.11. The minimum Gasteiger partial charge on any atom is -0.463 e. The average Bonchev–Trinajstić information content (AvgIpc) is 2.85. The number of carbonyl (C=O) groups is 1. The number of rotatable bonds is 9. The van der Waals surface area contributed by atoms with Crippen LogP contribution < -0.4 is 15.4 Å². The molecule has 33 heavy (non-hydrogen) atoms. The summed E-state index contributed by atoms with van der Waals surface area (Å²) >= 11 is 0. The van der Waals surface area contributed by atoms with Crippen molar-refractivity contribution >= 4 is 17.5 Å². The molecule has 0 spiro atoms. The minimum atomic E-state index is -0.521. The van der Waals surface area contributed by atoms with Gasteiger partial charge in [0.2, 0.25) is 11.9 Å². The number of ether oxygens (including phenoxy) is 2. The molecule has 11 heteroatoms. The van der Waals surface area contributed by atoms with Crippen LogP contribution in [0.4, 0.5) is 11.6 Å². The van der Waals surface area contributed by atoms with Gasteiger partial charge in [-0.15, -0.1) is 0 Å². The summed E-state index contributed by atoms with van der Waals surface area (Å²) < 4.78 is 11.2. The number of hydrogen-bond acceptors (Lipinski definition) is 10. The Morgan fingerprint density at radius 1 is 1.12 bits per heavy atom. The predicted molar refractivity (Wildman–Crippen MR) is 119 cm³/mol. The molecule has 1 aliphatic rings. The zero-order valence-corrected chi connectivity index (χ0v) is 18.0. The zero-order chi connectivity index (χ0) is 22.9. The zero-order valence-electron chi connectivity index (χ0n) is 18.0. The molecule has 1 amide bonds. The van der Waals surface area contributed by atoms with Gasteiger partial charge in [-0.05, 0) is 30.3 Å². The molecule has 0 bridgehead atoms. The SMILES string of the molecule is NC(=O)c1cccc(N=NCc2nc(OCCc3ccccn3)nc(N3CCOCC3)n2)c1. The van der Waals surface area contributed by atoms with Crippen molar-refractivity contribution in [1.29, 1.82) is 0 Å². The molecule has 3 aromatic rings. The summed E-state index contributed by atoms with van der Waals surface area (Å²) in [5, 5.41) is 8.33. The second kappa shape index (κ2) is 11.0. The topological polar surface area (TPSA) is 141 Å². The number of anilines is 1. The van der Waals surface area contributed by atoms with Crippen LogP contribution in [-0.2, 0) is 17.7 Å². The number of morpholine rings is 1. The van der Waals surface area contributed by atoms with Crippen LogP contribution in [-0.4, -0.2) is 58.8 Å². The first kappa shape index (κ1) is 22.2. The van der Waals surface area contributed by atoms with Crippen LogP contribution >= 0.6 is 0 Å². The normalized spacial score (nSPS) is 13.9. The third kappa shape index (κ3) is 6.50. The molecule has 0 aliphatic carbocycles. The fraction of sp³-hybridized carbons (Fsp3) is 0.318. The molecular weight excluding hydrogens is 424 g/mol. The van der Waals surface area contributed by atoms with Crippen LogP contribution in [0, 0.1) is 0 Å². The van der Waals surface area contributed by atoms with Gasteiger partial charge in [-0.2, -0.15) is 25.2 Å². The van der Waals surface area contributed by atoms with Gasteiger partial charge in [-0.25, -0.2) is 0 Å². The number of hydrogen-bond donors (Lipinski definition) is 1. The second-order valence-electron chi connectivity index (χ2n) is 7.17. The van der Waals surface area contributed by atoms with E-state index in [1.807, 2.05) is 23.1 Å². The van der Waals surface area contributed by atoms with Crippen LogP contribution in [0.1, 0.15) is 21.9 Å². The highest BCUT2D eigenvalue weighted by molar-refractivity contribution is 5.93. The Kier molecular flexibility index (Phi) is 7.44. The standard InChI is InChI=1S/C22H24N8O3/c23-20(31)16-4-3-6-18(14-16)29-25-15-19-26-21(30-9-12-32-13-10-30)28-22(27-19)33-11-7-17-5-1-2-8-24-17/h1-6,8,14H,7,9-13,15H2,(H2,23,31). The van der Waals surface area contributed by atoms with E-state index in [0.717, 1.165) is 5.69 Å². The molecule has 0 unspecified atom stereocenters. The molecule has 4 rings (SSSR count). The first-order valence-corrected chi connectivity index (χ1v) is 10.5. The summed E-state index contributed by atoms with van der Waals surface area (Å²) in [7, 11) is 0. The second-order valence-corrected chi connectivity index (χ2v) is 7.17. The maximum atomic E-state index is 11.3. The Morgan fingerprint density at radius 2 is 2.00 bits per heavy atom. The van der Waals surface area contributed by atoms with Gasteiger partial charge in [0.15, 0.2) is 5.82 Å². The Morgan fingerprint density at radius 3 is 2.79 bits per heavy atom. The number of carbonyl (C=O) groups excluding carboxylic acids is 1. The van der Waals surface area contributed by atoms with E-state index < -0.39 is 5.91 Å². The van der Waals surface area contributed by atoms with Gasteiger partial charge in [-0.3, -0.25) is 9.78 Å². The average molecular weight is 448 g/mol. The summed E-state index contributed by atoms with van der Waals surface area (Å²) in [4.78, 5) is 31.0. The quantitative estimate of drug-likeness (QED) is 0.491. The lowest BCUT2D eigenvalue weighted by molar-refractivity contribution is 0.1000. The van der Waals surface area contributed by atoms with Gasteiger partial charge in [0, 0.05) is 37.0 Å². The molecule has 3 heterocycles. The lowest BCUT2D eigenvalue weighted by atomic mass is 10.2. The van der Waals surface area contributed by atoms with Crippen LogP contribution in [0.15, 0.2) is 58.9 Å². The first-order valence-electron chi connectivity index (χ1n) is 10.5. The molecule has 0 saturated carbocycles. The summed E-state index contributed by atoms with van der Waals surface area (Å²) in [5.41, 5.74) is 7.12. The van der Waals surface area contributed by atoms with Crippen molar-refractivity contribution in [2.45, 2.75) is 13.0 Å². The Bertz CT molecular complexity index is 1100. The summed E-state index contributed by atoms with van der Waals surface area (Å²) in [6.45, 7) is 3.07. The van der Waals surface area contributed by atoms with E-state index in [9.17, 15) is 4.79 Å². The van der Waals surface area contributed by atoms with E-state index in [2.05, 4.69) is 30.2 Å². The minimum absolute atomic E-state index is 0.122.